The number of fused-ring (bicyclic) bond motifs is 6. The number of para-hydroxylation sites is 1. The number of hydrogen-bond donors (Lipinski definition) is 1. The molecule has 3 aliphatic rings. The van der Waals surface area contributed by atoms with Gasteiger partial charge in [-0.25, -0.2) is 14.6 Å². The van der Waals surface area contributed by atoms with Crippen molar-refractivity contribution in [2.45, 2.75) is 51.2 Å². The predicted molar refractivity (Wildman–Crippen MR) is 183 cm³/mol. The van der Waals surface area contributed by atoms with Crippen molar-refractivity contribution >= 4 is 60.8 Å². The number of nitrogens with one attached hydrogen (secondary N) is 1. The van der Waals surface area contributed by atoms with Crippen LogP contribution in [0, 0.1) is 0 Å². The van der Waals surface area contributed by atoms with Crippen molar-refractivity contribution in [1.82, 2.24) is 10.2 Å². The van der Waals surface area contributed by atoms with Crippen molar-refractivity contribution in [2.75, 3.05) is 38.2 Å². The van der Waals surface area contributed by atoms with E-state index >= 15 is 0 Å². The molecule has 4 aromatic rings. The van der Waals surface area contributed by atoms with Gasteiger partial charge < -0.3 is 29.3 Å². The summed E-state index contributed by atoms with van der Waals surface area (Å²) in [5.41, 5.74) is 2.27. The fourth-order valence-electron chi connectivity index (χ4n) is 7.10. The highest BCUT2D eigenvalue weighted by Gasteiger charge is 2.64. The van der Waals surface area contributed by atoms with Crippen molar-refractivity contribution in [3.8, 4) is 11.5 Å². The number of nitrogens with zero attached hydrogens (tertiary/aromatic N) is 3. The smallest absolute Gasteiger partial charge is 0.412 e. The summed E-state index contributed by atoms with van der Waals surface area (Å²) in [6, 6.07) is 18.3. The lowest BCUT2D eigenvalue weighted by atomic mass is 9.75. The Morgan fingerprint density at radius 3 is 2.59 bits per heavy atom. The molecule has 1 saturated heterocycles. The van der Waals surface area contributed by atoms with Gasteiger partial charge in [0, 0.05) is 51.6 Å². The van der Waals surface area contributed by atoms with Gasteiger partial charge in [0.1, 0.15) is 23.8 Å². The summed E-state index contributed by atoms with van der Waals surface area (Å²) in [5.74, 6) is 1.58. The predicted octanol–water partition coefficient (Wildman–Crippen LogP) is 7.29. The zero-order valence-corrected chi connectivity index (χ0v) is 27.5. The Labute approximate surface area is 272 Å². The summed E-state index contributed by atoms with van der Waals surface area (Å²) >= 11 is 1.67. The number of carbonyl (C=O) groups is 2. The Bertz CT molecular complexity index is 1920. The molecule has 46 heavy (non-hydrogen) atoms. The number of rotatable bonds is 5. The van der Waals surface area contributed by atoms with Crippen LogP contribution < -0.4 is 19.7 Å². The third kappa shape index (κ3) is 4.69. The summed E-state index contributed by atoms with van der Waals surface area (Å²) in [6.45, 7) is 11.7. The first kappa shape index (κ1) is 30.1. The number of likely N-dealkylation sites (N-methyl/N-ethyl adjacent to an activating group) is 1. The van der Waals surface area contributed by atoms with Gasteiger partial charge in [0.15, 0.2) is 5.84 Å². The van der Waals surface area contributed by atoms with Crippen LogP contribution in [-0.4, -0.2) is 61.8 Å². The molecule has 0 unspecified atom stereocenters. The van der Waals surface area contributed by atoms with Crippen molar-refractivity contribution in [1.29, 1.82) is 0 Å². The second-order valence-corrected chi connectivity index (χ2v) is 13.8. The van der Waals surface area contributed by atoms with E-state index in [9.17, 15) is 9.59 Å². The van der Waals surface area contributed by atoms with E-state index in [0.717, 1.165) is 69.1 Å². The van der Waals surface area contributed by atoms with Crippen LogP contribution in [0.25, 0.3) is 20.2 Å². The molecule has 3 aromatic carbocycles. The molecule has 0 radical (unpaired) electrons. The molecule has 9 nitrogen and oxygen atoms in total. The van der Waals surface area contributed by atoms with E-state index in [4.69, 9.17) is 19.2 Å². The zero-order valence-electron chi connectivity index (χ0n) is 26.6. The summed E-state index contributed by atoms with van der Waals surface area (Å²) in [4.78, 5) is 34.4. The van der Waals surface area contributed by atoms with Crippen LogP contribution in [0.3, 0.4) is 0 Å². The number of amidine groups is 1. The van der Waals surface area contributed by atoms with Gasteiger partial charge in [0.2, 0.25) is 0 Å². The summed E-state index contributed by atoms with van der Waals surface area (Å²) in [5, 5.41) is 4.55. The number of aliphatic imine (C=N–C) groups is 1. The number of piperidine rings is 1. The van der Waals surface area contributed by atoms with E-state index in [1.165, 1.54) is 12.0 Å². The Balaban J connectivity index is 1.27. The number of hydrogen-bond acceptors (Lipinski definition) is 9. The summed E-state index contributed by atoms with van der Waals surface area (Å²) < 4.78 is 20.1. The van der Waals surface area contributed by atoms with Gasteiger partial charge in [-0.05, 0) is 82.0 Å². The third-order valence-corrected chi connectivity index (χ3v) is 10.5. The molecule has 1 fully saturated rings. The van der Waals surface area contributed by atoms with E-state index in [-0.39, 0.29) is 13.2 Å². The average molecular weight is 639 g/mol. The van der Waals surface area contributed by atoms with Crippen LogP contribution in [0.15, 0.2) is 71.7 Å². The molecule has 3 aliphatic heterocycles. The standard InChI is InChI=1S/C36H38N4O5S/c1-22(2)32(41)43-20-17-37-34(42)44-23-13-15-28-24(21-23)30-29(46-28)16-14-27-31(30)38-33(40-18-9-6-10-19-40)36(45-27)35(3,4)25-11-7-8-12-26(25)39(36)5/h7-8,11-16,21H,1,6,9-10,17-20H2,2-5H3,(H,37,42)/t36-/m0/s1. The minimum Gasteiger partial charge on any atom is -0.460 e. The average Bonchev–Trinajstić information content (AvgIpc) is 3.50. The number of anilines is 1. The first-order chi connectivity index (χ1) is 22.1. The highest BCUT2D eigenvalue weighted by Crippen LogP contribution is 2.57. The fourth-order valence-corrected chi connectivity index (χ4v) is 8.19. The fraction of sp³-hybridized carbons (Fsp3) is 0.361. The lowest BCUT2D eigenvalue weighted by Crippen LogP contribution is -2.69. The van der Waals surface area contributed by atoms with E-state index in [1.807, 2.05) is 18.2 Å². The maximum absolute atomic E-state index is 12.6. The van der Waals surface area contributed by atoms with Crippen LogP contribution >= 0.6 is 11.3 Å². The number of esters is 1. The molecule has 0 aliphatic carbocycles. The molecule has 1 atom stereocenters. The molecule has 1 spiro atoms. The third-order valence-electron chi connectivity index (χ3n) is 9.40. The maximum Gasteiger partial charge on any atom is 0.412 e. The Hall–Kier alpha value is -4.57. The molecular weight excluding hydrogens is 600 g/mol. The topological polar surface area (TPSA) is 92.7 Å². The second-order valence-electron chi connectivity index (χ2n) is 12.7. The highest BCUT2D eigenvalue weighted by atomic mass is 32.1. The lowest BCUT2D eigenvalue weighted by Gasteiger charge is -2.51. The van der Waals surface area contributed by atoms with E-state index in [1.54, 1.807) is 24.3 Å². The van der Waals surface area contributed by atoms with Crippen LogP contribution in [0.2, 0.25) is 0 Å². The van der Waals surface area contributed by atoms with Crippen molar-refractivity contribution in [2.24, 2.45) is 4.99 Å². The van der Waals surface area contributed by atoms with Gasteiger partial charge >= 0.3 is 12.1 Å². The van der Waals surface area contributed by atoms with E-state index < -0.39 is 23.2 Å². The molecule has 1 N–H and O–H groups in total. The molecular formula is C36H38N4O5S. The van der Waals surface area contributed by atoms with Gasteiger partial charge in [0.25, 0.3) is 5.72 Å². The van der Waals surface area contributed by atoms with Crippen molar-refractivity contribution < 1.29 is 23.8 Å². The normalized spacial score (nSPS) is 19.8. The van der Waals surface area contributed by atoms with Crippen LogP contribution in [0.5, 0.6) is 11.5 Å². The lowest BCUT2D eigenvalue weighted by molar-refractivity contribution is -0.138. The zero-order chi connectivity index (χ0) is 32.2. The number of amides is 1. The summed E-state index contributed by atoms with van der Waals surface area (Å²) in [6.07, 6.45) is 2.81. The Kier molecular flexibility index (Phi) is 7.43. The maximum atomic E-state index is 12.6. The second kappa shape index (κ2) is 11.3. The van der Waals surface area contributed by atoms with Gasteiger partial charge in [-0.1, -0.05) is 24.8 Å². The summed E-state index contributed by atoms with van der Waals surface area (Å²) in [7, 11) is 2.12. The Morgan fingerprint density at radius 1 is 1.07 bits per heavy atom. The van der Waals surface area contributed by atoms with Gasteiger partial charge in [-0.3, -0.25) is 0 Å². The number of carbonyl (C=O) groups excluding carboxylic acids is 2. The highest BCUT2D eigenvalue weighted by molar-refractivity contribution is 7.26. The molecule has 0 saturated carbocycles. The Morgan fingerprint density at radius 2 is 1.83 bits per heavy atom. The van der Waals surface area contributed by atoms with Crippen LogP contribution in [0.4, 0.5) is 16.2 Å². The van der Waals surface area contributed by atoms with Crippen LogP contribution in [-0.2, 0) is 14.9 Å². The first-order valence-corrected chi connectivity index (χ1v) is 16.6. The molecule has 238 valence electrons. The van der Waals surface area contributed by atoms with Gasteiger partial charge in [-0.2, -0.15) is 0 Å². The quantitative estimate of drug-likeness (QED) is 0.139. The number of likely N-dealkylation sites (tertiary alicyclic amines) is 1. The van der Waals surface area contributed by atoms with E-state index in [0.29, 0.717) is 11.3 Å². The van der Waals surface area contributed by atoms with Crippen LogP contribution in [0.1, 0.15) is 45.6 Å². The van der Waals surface area contributed by atoms with Crippen molar-refractivity contribution in [3.63, 3.8) is 0 Å². The largest absolute Gasteiger partial charge is 0.460 e. The monoisotopic (exact) mass is 638 g/mol. The number of ether oxygens (including phenoxy) is 3. The minimum absolute atomic E-state index is 0.0249. The molecule has 1 aromatic heterocycles. The molecule has 7 rings (SSSR count). The molecule has 1 amide bonds. The SMILES string of the molecule is C=C(C)C(=O)OCCNC(=O)Oc1ccc2sc3ccc4c(c3c2c1)N=C(N1CCCCC1)[C@@]1(O4)N(C)c2ccccc2C1(C)C. The van der Waals surface area contributed by atoms with Gasteiger partial charge in [0.05, 0.1) is 12.0 Å². The first-order valence-electron chi connectivity index (χ1n) is 15.8. The number of thiophene rings is 1. The van der Waals surface area contributed by atoms with Crippen molar-refractivity contribution in [3.05, 3.63) is 72.3 Å². The van der Waals surface area contributed by atoms with Gasteiger partial charge in [-0.15, -0.1) is 11.3 Å². The molecule has 4 heterocycles. The van der Waals surface area contributed by atoms with E-state index in [2.05, 4.69) is 72.9 Å². The molecule has 0 bridgehead atoms. The molecule has 10 heteroatoms. The number of benzene rings is 3. The minimum atomic E-state index is -0.828.